The summed E-state index contributed by atoms with van der Waals surface area (Å²) in [5.74, 6) is -1.02. The molecular weight excluding hydrogens is 825 g/mol. The number of hydrogen-bond donors (Lipinski definition) is 6. The van der Waals surface area contributed by atoms with Crippen LogP contribution in [0.15, 0.2) is 127 Å². The van der Waals surface area contributed by atoms with Crippen molar-refractivity contribution in [1.29, 1.82) is 0 Å². The van der Waals surface area contributed by atoms with Crippen molar-refractivity contribution in [1.82, 2.24) is 15.0 Å². The van der Waals surface area contributed by atoms with Crippen molar-refractivity contribution >= 4 is 95.2 Å². The highest BCUT2D eigenvalue weighted by Gasteiger charge is 2.21. The van der Waals surface area contributed by atoms with E-state index in [1.54, 1.807) is 55.5 Å². The molecule has 308 valence electrons. The third kappa shape index (κ3) is 10.7. The largest absolute Gasteiger partial charge is 0.478 e. The van der Waals surface area contributed by atoms with Gasteiger partial charge in [0.2, 0.25) is 11.9 Å². The number of fused-ring (bicyclic) bond motifs is 1. The summed E-state index contributed by atoms with van der Waals surface area (Å²) in [7, 11) is -9.62. The van der Waals surface area contributed by atoms with Crippen LogP contribution < -0.4 is 15.7 Å². The van der Waals surface area contributed by atoms with Crippen molar-refractivity contribution in [2.24, 2.45) is 20.5 Å². The summed E-state index contributed by atoms with van der Waals surface area (Å²) in [5, 5.41) is 42.3. The Morgan fingerprint density at radius 2 is 1.27 bits per heavy atom. The van der Waals surface area contributed by atoms with Crippen molar-refractivity contribution in [3.63, 3.8) is 0 Å². The fourth-order valence-corrected chi connectivity index (χ4v) is 6.88. The molecule has 0 radical (unpaired) electrons. The SMILES string of the molecule is CCON(CCO)c1nc(Nc2ccc(/N=N/c3cc(C=O)cc(C(=O)O)c3)cc2)nc(Nc2ccc(/N=N/c3cc(S(=O)(=O)O)c4cccc(S(=O)(=O)O)c4c3)cc2)n1. The van der Waals surface area contributed by atoms with Gasteiger partial charge in [0.15, 0.2) is 0 Å². The van der Waals surface area contributed by atoms with Gasteiger partial charge in [-0.15, -0.1) is 0 Å². The molecule has 0 aliphatic rings. The number of nitrogens with one attached hydrogen (secondary N) is 2. The van der Waals surface area contributed by atoms with Gasteiger partial charge in [0, 0.05) is 27.7 Å². The van der Waals surface area contributed by atoms with Gasteiger partial charge in [-0.1, -0.05) is 12.1 Å². The van der Waals surface area contributed by atoms with Crippen molar-refractivity contribution < 1.29 is 50.6 Å². The quantitative estimate of drug-likeness (QED) is 0.0231. The fourth-order valence-electron chi connectivity index (χ4n) is 5.46. The first-order valence-corrected chi connectivity index (χ1v) is 20.2. The maximum absolute atomic E-state index is 12.2. The van der Waals surface area contributed by atoms with E-state index in [0.717, 1.165) is 12.1 Å². The standard InChI is InChI=1S/C37H32N10O11S2/c1-2-58-47(14-15-48)37-41-35(38-24-6-10-26(11-7-24)43-45-28-17-22(21-49)16-23(18-28)34(50)51)40-36(42-37)39-25-8-12-27(13-9-25)44-46-29-19-31-30(33(20-29)60(55,56)57)4-3-5-32(31)59(52,53)54/h3-13,16-21,48H,2,14-15H2,1H3,(H,50,51)(H,52,53,54)(H,55,56,57)(H2,38,39,40,41,42)/b45-43+,46-44+. The lowest BCUT2D eigenvalue weighted by molar-refractivity contribution is 0.0696. The highest BCUT2D eigenvalue weighted by Crippen LogP contribution is 2.34. The molecule has 6 rings (SSSR count). The normalized spacial score (nSPS) is 11.9. The third-order valence-electron chi connectivity index (χ3n) is 8.03. The molecule has 6 N–H and O–H groups in total. The number of benzene rings is 5. The second-order valence-corrected chi connectivity index (χ2v) is 15.0. The Balaban J connectivity index is 1.23. The van der Waals surface area contributed by atoms with Crippen LogP contribution in [0.3, 0.4) is 0 Å². The number of aromatic nitrogens is 3. The second-order valence-electron chi connectivity index (χ2n) is 12.3. The summed E-state index contributed by atoms with van der Waals surface area (Å²) in [6, 6.07) is 22.5. The lowest BCUT2D eigenvalue weighted by Crippen LogP contribution is -2.29. The van der Waals surface area contributed by atoms with Crippen molar-refractivity contribution in [2.75, 3.05) is 35.5 Å². The Kier molecular flexibility index (Phi) is 12.9. The molecule has 1 aromatic heterocycles. The summed E-state index contributed by atoms with van der Waals surface area (Å²) in [5.41, 5.74) is 1.76. The van der Waals surface area contributed by atoms with Gasteiger partial charge >= 0.3 is 5.97 Å². The van der Waals surface area contributed by atoms with Crippen LogP contribution in [-0.2, 0) is 25.1 Å². The minimum Gasteiger partial charge on any atom is -0.478 e. The van der Waals surface area contributed by atoms with Gasteiger partial charge in [-0.25, -0.2) is 9.86 Å². The van der Waals surface area contributed by atoms with Gasteiger partial charge in [0.05, 0.1) is 48.1 Å². The third-order valence-corrected chi connectivity index (χ3v) is 9.83. The monoisotopic (exact) mass is 856 g/mol. The average Bonchev–Trinajstić information content (AvgIpc) is 3.21. The second kappa shape index (κ2) is 18.2. The first kappa shape index (κ1) is 42.5. The molecule has 60 heavy (non-hydrogen) atoms. The molecule has 0 aliphatic carbocycles. The number of carboxylic acid groups (broad SMARTS) is 1. The van der Waals surface area contributed by atoms with Gasteiger partial charge in [0.25, 0.3) is 26.2 Å². The minimum absolute atomic E-state index is 0.0277. The van der Waals surface area contributed by atoms with E-state index in [9.17, 15) is 45.7 Å². The van der Waals surface area contributed by atoms with E-state index in [1.807, 2.05) is 0 Å². The van der Waals surface area contributed by atoms with Crippen LogP contribution in [0.4, 0.5) is 52.0 Å². The van der Waals surface area contributed by atoms with E-state index >= 15 is 0 Å². The summed E-state index contributed by atoms with van der Waals surface area (Å²) in [6.07, 6.45) is 0.515. The van der Waals surface area contributed by atoms with E-state index < -0.39 is 36.0 Å². The number of carbonyl (C=O) groups is 2. The number of aliphatic hydroxyl groups excluding tert-OH is 1. The molecule has 23 heteroatoms. The molecule has 0 amide bonds. The van der Waals surface area contributed by atoms with E-state index in [4.69, 9.17) is 4.84 Å². The summed E-state index contributed by atoms with van der Waals surface area (Å²) < 4.78 is 67.9. The lowest BCUT2D eigenvalue weighted by atomic mass is 10.1. The molecular formula is C37H32N10O11S2. The number of aromatic carboxylic acids is 1. The van der Waals surface area contributed by atoms with Gasteiger partial charge in [0.1, 0.15) is 16.1 Å². The molecule has 0 unspecified atom stereocenters. The van der Waals surface area contributed by atoms with Crippen LogP contribution in [0.2, 0.25) is 0 Å². The average molecular weight is 857 g/mol. The Hall–Kier alpha value is -7.15. The molecule has 21 nitrogen and oxygen atoms in total. The number of carbonyl (C=O) groups excluding carboxylic acids is 1. The van der Waals surface area contributed by atoms with E-state index in [0.29, 0.717) is 23.3 Å². The van der Waals surface area contributed by atoms with Crippen LogP contribution in [0, 0.1) is 0 Å². The van der Waals surface area contributed by atoms with Crippen LogP contribution >= 0.6 is 0 Å². The van der Waals surface area contributed by atoms with Gasteiger partial charge in [-0.3, -0.25) is 18.7 Å². The van der Waals surface area contributed by atoms with Gasteiger partial charge in [-0.05, 0) is 91.9 Å². The van der Waals surface area contributed by atoms with E-state index in [-0.39, 0.29) is 76.6 Å². The van der Waals surface area contributed by atoms with Crippen LogP contribution in [-0.4, -0.2) is 83.1 Å². The molecule has 0 fully saturated rings. The molecule has 0 saturated heterocycles. The van der Waals surface area contributed by atoms with E-state index in [1.165, 1.54) is 41.5 Å². The summed E-state index contributed by atoms with van der Waals surface area (Å²) >= 11 is 0. The number of nitrogens with zero attached hydrogens (tertiary/aromatic N) is 8. The zero-order valence-corrected chi connectivity index (χ0v) is 32.6. The maximum Gasteiger partial charge on any atom is 0.335 e. The number of carboxylic acids is 1. The fraction of sp³-hybridized carbons (Fsp3) is 0.108. The smallest absolute Gasteiger partial charge is 0.335 e. The molecule has 0 saturated carbocycles. The van der Waals surface area contributed by atoms with Gasteiger partial charge in [-0.2, -0.15) is 52.2 Å². The van der Waals surface area contributed by atoms with E-state index in [2.05, 4.69) is 46.0 Å². The number of anilines is 5. The Bertz CT molecular complexity index is 2860. The topological polar surface area (TPSA) is 308 Å². The Morgan fingerprint density at radius 3 is 1.77 bits per heavy atom. The van der Waals surface area contributed by atoms with Crippen molar-refractivity contribution in [2.45, 2.75) is 16.7 Å². The van der Waals surface area contributed by atoms with Crippen molar-refractivity contribution in [3.8, 4) is 0 Å². The number of aliphatic hydroxyl groups is 1. The number of azo groups is 2. The zero-order valence-electron chi connectivity index (χ0n) is 31.0. The summed E-state index contributed by atoms with van der Waals surface area (Å²) in [4.78, 5) is 40.4. The van der Waals surface area contributed by atoms with Crippen LogP contribution in [0.25, 0.3) is 10.8 Å². The predicted molar refractivity (Wildman–Crippen MR) is 216 cm³/mol. The number of hydroxylamine groups is 1. The number of rotatable bonds is 17. The zero-order chi connectivity index (χ0) is 43.0. The van der Waals surface area contributed by atoms with Crippen LogP contribution in [0.1, 0.15) is 27.6 Å². The van der Waals surface area contributed by atoms with Crippen LogP contribution in [0.5, 0.6) is 0 Å². The Labute approximate surface area is 340 Å². The first-order chi connectivity index (χ1) is 28.6. The molecule has 0 spiro atoms. The minimum atomic E-state index is -4.85. The van der Waals surface area contributed by atoms with Gasteiger partial charge < -0.3 is 20.8 Å². The lowest BCUT2D eigenvalue weighted by Gasteiger charge is -2.21. The highest BCUT2D eigenvalue weighted by molar-refractivity contribution is 7.86. The maximum atomic E-state index is 12.2. The number of hydrogen-bond acceptors (Lipinski definition) is 18. The highest BCUT2D eigenvalue weighted by atomic mass is 32.2. The Morgan fingerprint density at radius 1 is 0.717 bits per heavy atom. The molecule has 1 heterocycles. The van der Waals surface area contributed by atoms with Crippen molar-refractivity contribution in [3.05, 3.63) is 108 Å². The molecule has 0 atom stereocenters. The molecule has 6 aromatic rings. The predicted octanol–water partition coefficient (Wildman–Crippen LogP) is 7.10. The molecule has 5 aromatic carbocycles. The number of aldehydes is 1. The summed E-state index contributed by atoms with van der Waals surface area (Å²) in [6.45, 7) is 1.73. The molecule has 0 bridgehead atoms. The molecule has 0 aliphatic heterocycles. The first-order valence-electron chi connectivity index (χ1n) is 17.3.